The molecule has 0 aliphatic carbocycles. The van der Waals surface area contributed by atoms with E-state index in [9.17, 15) is 9.59 Å². The van der Waals surface area contributed by atoms with Crippen LogP contribution in [0.15, 0.2) is 18.2 Å². The molecule has 1 aliphatic heterocycles. The van der Waals surface area contributed by atoms with Crippen molar-refractivity contribution < 1.29 is 9.59 Å². The largest absolute Gasteiger partial charge is 0.384 e. The molecule has 114 valence electrons. The first-order chi connectivity index (χ1) is 10.1. The molecule has 2 amide bonds. The molecular formula is C15H20ClN3O2. The number of nitrogens with zero attached hydrogens (tertiary/aromatic N) is 2. The van der Waals surface area contributed by atoms with Gasteiger partial charge in [0.1, 0.15) is 0 Å². The highest BCUT2D eigenvalue weighted by atomic mass is 35.5. The van der Waals surface area contributed by atoms with Gasteiger partial charge in [-0.2, -0.15) is 0 Å². The predicted octanol–water partition coefficient (Wildman–Crippen LogP) is 1.75. The van der Waals surface area contributed by atoms with Gasteiger partial charge in [0.25, 0.3) is 0 Å². The third kappa shape index (κ3) is 4.36. The maximum Gasteiger partial charge on any atom is 0.224 e. The molecule has 0 aromatic heterocycles. The fraction of sp³-hybridized carbons (Fsp3) is 0.467. The Morgan fingerprint density at radius 3 is 2.71 bits per heavy atom. The number of piperazine rings is 1. The van der Waals surface area contributed by atoms with Crippen LogP contribution >= 0.6 is 11.6 Å². The number of nitrogens with one attached hydrogen (secondary N) is 1. The fourth-order valence-corrected chi connectivity index (χ4v) is 2.50. The number of halogens is 1. The molecule has 1 aromatic rings. The lowest BCUT2D eigenvalue weighted by Crippen LogP contribution is -2.48. The first-order valence-electron chi connectivity index (χ1n) is 7.07. The fourth-order valence-electron chi connectivity index (χ4n) is 2.32. The molecule has 1 saturated heterocycles. The summed E-state index contributed by atoms with van der Waals surface area (Å²) in [6.45, 7) is 5.06. The molecule has 1 aromatic carbocycles. The van der Waals surface area contributed by atoms with E-state index in [4.69, 9.17) is 11.6 Å². The number of rotatable bonds is 5. The average molecular weight is 310 g/mol. The summed E-state index contributed by atoms with van der Waals surface area (Å²) >= 11 is 5.96. The highest BCUT2D eigenvalue weighted by molar-refractivity contribution is 6.30. The third-order valence-corrected chi connectivity index (χ3v) is 3.91. The number of amides is 2. The Morgan fingerprint density at radius 2 is 2.05 bits per heavy atom. The highest BCUT2D eigenvalue weighted by Gasteiger charge is 2.19. The van der Waals surface area contributed by atoms with Gasteiger partial charge in [-0.15, -0.1) is 0 Å². The maximum absolute atomic E-state index is 12.1. The Hall–Kier alpha value is -1.75. The number of benzene rings is 1. The van der Waals surface area contributed by atoms with Crippen molar-refractivity contribution >= 4 is 29.6 Å². The second-order valence-corrected chi connectivity index (χ2v) is 5.59. The quantitative estimate of drug-likeness (QED) is 0.843. The van der Waals surface area contributed by atoms with Gasteiger partial charge < -0.3 is 15.1 Å². The van der Waals surface area contributed by atoms with Crippen LogP contribution in [0.25, 0.3) is 0 Å². The van der Waals surface area contributed by atoms with E-state index in [-0.39, 0.29) is 5.91 Å². The van der Waals surface area contributed by atoms with Gasteiger partial charge in [-0.3, -0.25) is 9.59 Å². The molecular weight excluding hydrogens is 290 g/mol. The molecule has 6 heteroatoms. The van der Waals surface area contributed by atoms with Gasteiger partial charge in [0, 0.05) is 49.9 Å². The zero-order valence-corrected chi connectivity index (χ0v) is 12.9. The Bertz CT molecular complexity index is 514. The smallest absolute Gasteiger partial charge is 0.224 e. The summed E-state index contributed by atoms with van der Waals surface area (Å²) < 4.78 is 0. The lowest BCUT2D eigenvalue weighted by Gasteiger charge is -2.32. The number of aryl methyl sites for hydroxylation is 1. The van der Waals surface area contributed by atoms with Crippen molar-refractivity contribution in [3.8, 4) is 0 Å². The molecule has 5 nitrogen and oxygen atoms in total. The summed E-state index contributed by atoms with van der Waals surface area (Å²) in [7, 11) is 0. The van der Waals surface area contributed by atoms with Gasteiger partial charge in [0.15, 0.2) is 0 Å². The van der Waals surface area contributed by atoms with Crippen LogP contribution < -0.4 is 5.32 Å². The second kappa shape index (κ2) is 7.31. The van der Waals surface area contributed by atoms with Crippen LogP contribution in [0.3, 0.4) is 0 Å². The molecule has 0 saturated carbocycles. The predicted molar refractivity (Wildman–Crippen MR) is 83.5 cm³/mol. The summed E-state index contributed by atoms with van der Waals surface area (Å²) in [4.78, 5) is 26.2. The van der Waals surface area contributed by atoms with Gasteiger partial charge in [0.05, 0.1) is 0 Å². The Kier molecular flexibility index (Phi) is 5.44. The number of carbonyl (C=O) groups excluding carboxylic acids is 2. The number of carbonyl (C=O) groups is 2. The molecule has 1 heterocycles. The lowest BCUT2D eigenvalue weighted by atomic mass is 10.2. The summed E-state index contributed by atoms with van der Waals surface area (Å²) in [5.74, 6) is 0.118. The van der Waals surface area contributed by atoms with Crippen molar-refractivity contribution in [3.05, 3.63) is 28.8 Å². The van der Waals surface area contributed by atoms with Crippen LogP contribution in [0.5, 0.6) is 0 Å². The molecule has 1 fully saturated rings. The summed E-state index contributed by atoms with van der Waals surface area (Å²) in [5, 5.41) is 3.93. The molecule has 1 N–H and O–H groups in total. The van der Waals surface area contributed by atoms with Crippen molar-refractivity contribution in [3.63, 3.8) is 0 Å². The minimum absolute atomic E-state index is 0.118. The Labute approximate surface area is 129 Å². The first kappa shape index (κ1) is 15.6. The first-order valence-corrected chi connectivity index (χ1v) is 7.45. The third-order valence-electron chi connectivity index (χ3n) is 3.67. The average Bonchev–Trinajstić information content (AvgIpc) is 2.50. The van der Waals surface area contributed by atoms with Crippen LogP contribution in [-0.4, -0.2) is 54.8 Å². The van der Waals surface area contributed by atoms with Crippen molar-refractivity contribution in [2.75, 3.05) is 38.0 Å². The topological polar surface area (TPSA) is 52.7 Å². The van der Waals surface area contributed by atoms with E-state index in [2.05, 4.69) is 5.32 Å². The minimum Gasteiger partial charge on any atom is -0.384 e. The maximum atomic E-state index is 12.1. The monoisotopic (exact) mass is 309 g/mol. The van der Waals surface area contributed by atoms with E-state index in [1.807, 2.05) is 30.0 Å². The van der Waals surface area contributed by atoms with Crippen LogP contribution in [0, 0.1) is 6.92 Å². The zero-order valence-electron chi connectivity index (χ0n) is 12.1. The Balaban J connectivity index is 1.77. The van der Waals surface area contributed by atoms with E-state index >= 15 is 0 Å². The van der Waals surface area contributed by atoms with Crippen molar-refractivity contribution in [2.45, 2.75) is 13.3 Å². The van der Waals surface area contributed by atoms with Crippen LogP contribution in [0.2, 0.25) is 5.02 Å². The van der Waals surface area contributed by atoms with Gasteiger partial charge in [0.2, 0.25) is 12.3 Å². The molecule has 0 spiro atoms. The minimum atomic E-state index is 0.118. The van der Waals surface area contributed by atoms with E-state index in [1.54, 1.807) is 4.90 Å². The molecule has 0 radical (unpaired) electrons. The molecule has 2 rings (SSSR count). The Morgan fingerprint density at radius 1 is 1.33 bits per heavy atom. The summed E-state index contributed by atoms with van der Waals surface area (Å²) in [6, 6.07) is 5.66. The summed E-state index contributed by atoms with van der Waals surface area (Å²) in [5.41, 5.74) is 2.06. The molecule has 0 bridgehead atoms. The van der Waals surface area contributed by atoms with Crippen LogP contribution in [0.1, 0.15) is 12.0 Å². The highest BCUT2D eigenvalue weighted by Crippen LogP contribution is 2.20. The van der Waals surface area contributed by atoms with Gasteiger partial charge in [-0.1, -0.05) is 17.7 Å². The molecule has 0 atom stereocenters. The normalized spacial score (nSPS) is 15.0. The number of hydrogen-bond donors (Lipinski definition) is 1. The SMILES string of the molecule is Cc1ccc(Cl)cc1NCCC(=O)N1CCN(C=O)CC1. The van der Waals surface area contributed by atoms with Crippen molar-refractivity contribution in [1.29, 1.82) is 0 Å². The zero-order chi connectivity index (χ0) is 15.2. The lowest BCUT2D eigenvalue weighted by molar-refractivity contribution is -0.134. The second-order valence-electron chi connectivity index (χ2n) is 5.16. The molecule has 1 aliphatic rings. The number of hydrogen-bond acceptors (Lipinski definition) is 3. The van der Waals surface area contributed by atoms with Gasteiger partial charge in [-0.25, -0.2) is 0 Å². The summed E-state index contributed by atoms with van der Waals surface area (Å²) in [6.07, 6.45) is 1.28. The van der Waals surface area contributed by atoms with E-state index < -0.39 is 0 Å². The van der Waals surface area contributed by atoms with E-state index in [0.717, 1.165) is 17.7 Å². The van der Waals surface area contributed by atoms with Crippen LogP contribution in [0.4, 0.5) is 5.69 Å². The van der Waals surface area contributed by atoms with Gasteiger partial charge >= 0.3 is 0 Å². The number of anilines is 1. The van der Waals surface area contributed by atoms with E-state index in [1.165, 1.54) is 0 Å². The van der Waals surface area contributed by atoms with Crippen LogP contribution in [-0.2, 0) is 9.59 Å². The van der Waals surface area contributed by atoms with E-state index in [0.29, 0.717) is 44.2 Å². The molecule has 0 unspecified atom stereocenters. The molecule has 21 heavy (non-hydrogen) atoms. The standard InChI is InChI=1S/C15H20ClN3O2/c1-12-2-3-13(16)10-14(12)17-5-4-15(21)19-8-6-18(11-20)7-9-19/h2-3,10-11,17H,4-9H2,1H3. The van der Waals surface area contributed by atoms with Crippen molar-refractivity contribution in [1.82, 2.24) is 9.80 Å². The van der Waals surface area contributed by atoms with Crippen molar-refractivity contribution in [2.24, 2.45) is 0 Å². The van der Waals surface area contributed by atoms with Gasteiger partial charge in [-0.05, 0) is 24.6 Å².